The van der Waals surface area contributed by atoms with E-state index < -0.39 is 0 Å². The number of amides is 1. The number of thiol groups is 1. The number of halogens is 1. The number of ether oxygens (including phenoxy) is 1. The van der Waals surface area contributed by atoms with Gasteiger partial charge in [-0.3, -0.25) is 4.90 Å². The van der Waals surface area contributed by atoms with Gasteiger partial charge in [0.1, 0.15) is 6.61 Å². The number of fused-ring (bicyclic) bond motifs is 3. The summed E-state index contributed by atoms with van der Waals surface area (Å²) in [7, 11) is 0. The van der Waals surface area contributed by atoms with Crippen LogP contribution in [0.5, 0.6) is 0 Å². The molecule has 3 aromatic carbocycles. The van der Waals surface area contributed by atoms with Crippen LogP contribution in [-0.4, -0.2) is 48.7 Å². The third-order valence-electron chi connectivity index (χ3n) is 6.81. The summed E-state index contributed by atoms with van der Waals surface area (Å²) < 4.78 is 7.04. The average Bonchev–Trinajstić information content (AvgIpc) is 3.15. The smallest absolute Gasteiger partial charge is 0.409 e. The highest BCUT2D eigenvalue weighted by Crippen LogP contribution is 2.44. The number of benzene rings is 3. The van der Waals surface area contributed by atoms with E-state index >= 15 is 0 Å². The second-order valence-corrected chi connectivity index (χ2v) is 10.5. The van der Waals surface area contributed by atoms with Gasteiger partial charge >= 0.3 is 6.09 Å². The number of hydrogen-bond donors (Lipinski definition) is 1. The molecule has 0 aromatic heterocycles. The fourth-order valence-electron chi connectivity index (χ4n) is 4.90. The maximum absolute atomic E-state index is 12.9. The molecule has 1 fully saturated rings. The van der Waals surface area contributed by atoms with Crippen LogP contribution in [0.4, 0.5) is 4.79 Å². The van der Waals surface area contributed by atoms with Crippen molar-refractivity contribution in [2.75, 3.05) is 32.8 Å². The van der Waals surface area contributed by atoms with Crippen molar-refractivity contribution in [3.05, 3.63) is 86.5 Å². The molecule has 3 aromatic rings. The van der Waals surface area contributed by atoms with Crippen LogP contribution < -0.4 is 0 Å². The summed E-state index contributed by atoms with van der Waals surface area (Å²) in [6.07, 6.45) is -0.209. The highest BCUT2D eigenvalue weighted by atomic mass is 127. The Hall–Kier alpha value is -2.03. The molecule has 0 unspecified atom stereocenters. The monoisotopic (exact) mass is 570 g/mol. The van der Waals surface area contributed by atoms with E-state index in [0.717, 1.165) is 24.5 Å². The Kier molecular flexibility index (Phi) is 6.67. The SMILES string of the molecule is Cc1c(S)cc(I)cc1CN1CCN(C(=O)OCC2c3ccccc3-c3ccccc32)CC1. The molecule has 0 radical (unpaired) electrons. The zero-order valence-electron chi connectivity index (χ0n) is 18.6. The lowest BCUT2D eigenvalue weighted by Crippen LogP contribution is -2.48. The molecule has 1 heterocycles. The van der Waals surface area contributed by atoms with Crippen LogP contribution >= 0.6 is 35.2 Å². The molecule has 0 N–H and O–H groups in total. The Morgan fingerprint density at radius 2 is 1.61 bits per heavy atom. The summed E-state index contributed by atoms with van der Waals surface area (Å²) in [5, 5.41) is 0. The van der Waals surface area contributed by atoms with E-state index in [2.05, 4.69) is 108 Å². The predicted octanol–water partition coefficient (Wildman–Crippen LogP) is 5.96. The molecular weight excluding hydrogens is 543 g/mol. The van der Waals surface area contributed by atoms with Gasteiger partial charge in [-0.1, -0.05) is 48.5 Å². The first-order chi connectivity index (χ1) is 16.0. The van der Waals surface area contributed by atoms with Crippen LogP contribution in [0.2, 0.25) is 0 Å². The molecule has 1 amide bonds. The van der Waals surface area contributed by atoms with Gasteiger partial charge in [0, 0.05) is 47.1 Å². The molecule has 5 rings (SSSR count). The molecule has 33 heavy (non-hydrogen) atoms. The van der Waals surface area contributed by atoms with Crippen molar-refractivity contribution in [2.24, 2.45) is 0 Å². The number of carbonyl (C=O) groups excluding carboxylic acids is 1. The van der Waals surface area contributed by atoms with Crippen molar-refractivity contribution >= 4 is 41.3 Å². The van der Waals surface area contributed by atoms with Gasteiger partial charge in [0.25, 0.3) is 0 Å². The van der Waals surface area contributed by atoms with E-state index in [1.165, 1.54) is 37.0 Å². The lowest BCUT2D eigenvalue weighted by Gasteiger charge is -2.34. The largest absolute Gasteiger partial charge is 0.448 e. The first-order valence-electron chi connectivity index (χ1n) is 11.3. The topological polar surface area (TPSA) is 32.8 Å². The third kappa shape index (κ3) is 4.66. The minimum Gasteiger partial charge on any atom is -0.448 e. The van der Waals surface area contributed by atoms with E-state index in [1.807, 2.05) is 4.90 Å². The maximum atomic E-state index is 12.9. The van der Waals surface area contributed by atoms with Crippen molar-refractivity contribution in [1.82, 2.24) is 9.80 Å². The molecule has 0 atom stereocenters. The summed E-state index contributed by atoms with van der Waals surface area (Å²) in [6.45, 7) is 6.45. The van der Waals surface area contributed by atoms with Crippen LogP contribution in [0.15, 0.2) is 65.6 Å². The van der Waals surface area contributed by atoms with Crippen molar-refractivity contribution < 1.29 is 9.53 Å². The lowest BCUT2D eigenvalue weighted by molar-refractivity contribution is 0.0728. The molecule has 0 saturated carbocycles. The third-order valence-corrected chi connectivity index (χ3v) is 7.90. The molecule has 1 aliphatic carbocycles. The highest BCUT2D eigenvalue weighted by molar-refractivity contribution is 14.1. The molecule has 1 aliphatic heterocycles. The molecule has 4 nitrogen and oxygen atoms in total. The van der Waals surface area contributed by atoms with Crippen molar-refractivity contribution in [2.45, 2.75) is 24.3 Å². The number of carbonyl (C=O) groups is 1. The molecule has 0 bridgehead atoms. The van der Waals surface area contributed by atoms with Crippen molar-refractivity contribution in [1.29, 1.82) is 0 Å². The van der Waals surface area contributed by atoms with Gasteiger partial charge in [0.2, 0.25) is 0 Å². The second kappa shape index (κ2) is 9.68. The van der Waals surface area contributed by atoms with Gasteiger partial charge in [0.05, 0.1) is 0 Å². The number of rotatable bonds is 4. The van der Waals surface area contributed by atoms with E-state index in [-0.39, 0.29) is 12.0 Å². The maximum Gasteiger partial charge on any atom is 0.409 e. The molecule has 6 heteroatoms. The van der Waals surface area contributed by atoms with E-state index in [1.54, 1.807) is 0 Å². The molecule has 0 spiro atoms. The first kappa shape index (κ1) is 22.7. The minimum absolute atomic E-state index is 0.0987. The fraction of sp³-hybridized carbons (Fsp3) is 0.296. The number of piperazine rings is 1. The molecule has 170 valence electrons. The molecule has 1 saturated heterocycles. The van der Waals surface area contributed by atoms with Crippen LogP contribution in [0.3, 0.4) is 0 Å². The summed E-state index contributed by atoms with van der Waals surface area (Å²) >= 11 is 6.94. The van der Waals surface area contributed by atoms with Crippen LogP contribution in [0, 0.1) is 10.5 Å². The minimum atomic E-state index is -0.209. The Morgan fingerprint density at radius 1 is 1.00 bits per heavy atom. The number of hydrogen-bond acceptors (Lipinski definition) is 4. The van der Waals surface area contributed by atoms with Gasteiger partial charge in [-0.15, -0.1) is 12.6 Å². The van der Waals surface area contributed by atoms with Gasteiger partial charge in [-0.25, -0.2) is 4.79 Å². The van der Waals surface area contributed by atoms with Crippen molar-refractivity contribution in [3.63, 3.8) is 0 Å². The zero-order valence-corrected chi connectivity index (χ0v) is 21.7. The summed E-state index contributed by atoms with van der Waals surface area (Å²) in [6, 6.07) is 21.2. The summed E-state index contributed by atoms with van der Waals surface area (Å²) in [5.41, 5.74) is 7.52. The molecular formula is C27H27IN2O2S. The van der Waals surface area contributed by atoms with Gasteiger partial charge in [-0.05, 0) is 75.0 Å². The second-order valence-electron chi connectivity index (χ2n) is 8.78. The van der Waals surface area contributed by atoms with Crippen LogP contribution in [0.1, 0.15) is 28.2 Å². The van der Waals surface area contributed by atoms with E-state index in [9.17, 15) is 4.79 Å². The van der Waals surface area contributed by atoms with Gasteiger partial charge in [-0.2, -0.15) is 0 Å². The quantitative estimate of drug-likeness (QED) is 0.311. The van der Waals surface area contributed by atoms with Gasteiger partial charge in [0.15, 0.2) is 0 Å². The average molecular weight is 570 g/mol. The standard InChI is InChI=1S/C27H27IN2O2S/c1-18-19(14-20(28)15-26(18)33)16-29-10-12-30(13-11-29)27(31)32-17-25-23-8-4-2-6-21(23)22-7-3-5-9-24(22)25/h2-9,14-15,25,33H,10-13,16-17H2,1H3. The zero-order chi connectivity index (χ0) is 22.9. The predicted molar refractivity (Wildman–Crippen MR) is 143 cm³/mol. The summed E-state index contributed by atoms with van der Waals surface area (Å²) in [5.74, 6) is 0.0987. The Labute approximate surface area is 214 Å². The Morgan fingerprint density at radius 3 is 2.24 bits per heavy atom. The lowest BCUT2D eigenvalue weighted by atomic mass is 9.98. The normalized spacial score (nSPS) is 15.9. The van der Waals surface area contributed by atoms with Crippen LogP contribution in [0.25, 0.3) is 11.1 Å². The highest BCUT2D eigenvalue weighted by Gasteiger charge is 2.30. The van der Waals surface area contributed by atoms with E-state index in [0.29, 0.717) is 19.7 Å². The molecule has 2 aliphatic rings. The summed E-state index contributed by atoms with van der Waals surface area (Å²) in [4.78, 5) is 18.1. The Balaban J connectivity index is 1.18. The van der Waals surface area contributed by atoms with Crippen LogP contribution in [-0.2, 0) is 11.3 Å². The first-order valence-corrected chi connectivity index (χ1v) is 12.8. The van der Waals surface area contributed by atoms with Gasteiger partial charge < -0.3 is 9.64 Å². The van der Waals surface area contributed by atoms with E-state index in [4.69, 9.17) is 4.74 Å². The fourth-order valence-corrected chi connectivity index (χ4v) is 6.12. The Bertz CT molecular complexity index is 1140. The van der Waals surface area contributed by atoms with Crippen molar-refractivity contribution in [3.8, 4) is 11.1 Å². The number of nitrogens with zero attached hydrogens (tertiary/aromatic N) is 2.